The fourth-order valence-corrected chi connectivity index (χ4v) is 5.41. The predicted molar refractivity (Wildman–Crippen MR) is 135 cm³/mol. The number of hydrogen-bond donors (Lipinski definition) is 1. The summed E-state index contributed by atoms with van der Waals surface area (Å²) in [5.41, 5.74) is 2.32. The van der Waals surface area contributed by atoms with Crippen LogP contribution in [-0.4, -0.2) is 41.7 Å². The second-order valence-corrected chi connectivity index (χ2v) is 9.98. The third kappa shape index (κ3) is 4.49. The zero-order valence-electron chi connectivity index (χ0n) is 20.0. The van der Waals surface area contributed by atoms with Gasteiger partial charge in [0.05, 0.1) is 18.2 Å². The molecule has 0 radical (unpaired) electrons. The summed E-state index contributed by atoms with van der Waals surface area (Å²) in [7, 11) is 1.29. The summed E-state index contributed by atoms with van der Waals surface area (Å²) in [5, 5.41) is 3.16. The number of fused-ring (bicyclic) bond motifs is 1. The summed E-state index contributed by atoms with van der Waals surface area (Å²) in [5.74, 6) is -2.07. The molecule has 8 heteroatoms. The Morgan fingerprint density at radius 1 is 0.971 bits per heavy atom. The van der Waals surface area contributed by atoms with Crippen LogP contribution in [0.25, 0.3) is 11.1 Å². The predicted octanol–water partition coefficient (Wildman–Crippen LogP) is 5.16. The van der Waals surface area contributed by atoms with Crippen LogP contribution >= 0.6 is 11.3 Å². The highest BCUT2D eigenvalue weighted by molar-refractivity contribution is 7.17. The fraction of sp³-hybridized carbons (Fsp3) is 0.259. The van der Waals surface area contributed by atoms with Gasteiger partial charge in [0.25, 0.3) is 11.8 Å². The number of hydrogen-bond acceptors (Lipinski definition) is 6. The molecule has 0 bridgehead atoms. The van der Waals surface area contributed by atoms with Gasteiger partial charge in [-0.25, -0.2) is 4.79 Å². The molecule has 0 fully saturated rings. The van der Waals surface area contributed by atoms with Crippen molar-refractivity contribution < 1.29 is 23.9 Å². The Balaban J connectivity index is 1.73. The van der Waals surface area contributed by atoms with Crippen LogP contribution in [0, 0.1) is 12.8 Å². The summed E-state index contributed by atoms with van der Waals surface area (Å²) >= 11 is 1.25. The summed E-state index contributed by atoms with van der Waals surface area (Å²) in [6, 6.07) is 14.9. The number of ether oxygens (including phenoxy) is 1. The van der Waals surface area contributed by atoms with Crippen molar-refractivity contribution in [3.63, 3.8) is 0 Å². The van der Waals surface area contributed by atoms with Crippen LogP contribution in [0.1, 0.15) is 56.2 Å². The molecular weight excluding hydrogens is 464 g/mol. The van der Waals surface area contributed by atoms with E-state index in [1.807, 2.05) is 51.1 Å². The number of carbonyl (C=O) groups is 4. The van der Waals surface area contributed by atoms with Gasteiger partial charge in [-0.3, -0.25) is 19.3 Å². The number of thiophene rings is 1. The van der Waals surface area contributed by atoms with E-state index < -0.39 is 29.7 Å². The maximum atomic E-state index is 13.6. The number of esters is 1. The second-order valence-electron chi connectivity index (χ2n) is 8.76. The van der Waals surface area contributed by atoms with Gasteiger partial charge in [-0.1, -0.05) is 56.3 Å². The zero-order valence-corrected chi connectivity index (χ0v) is 20.8. The van der Waals surface area contributed by atoms with Crippen molar-refractivity contribution >= 4 is 40.0 Å². The number of methoxy groups -OCH3 is 1. The average Bonchev–Trinajstić information content (AvgIpc) is 3.30. The smallest absolute Gasteiger partial charge is 0.341 e. The lowest BCUT2D eigenvalue weighted by atomic mass is 10.0. The molecule has 1 aliphatic rings. The molecule has 0 unspecified atom stereocenters. The number of nitrogens with zero attached hydrogens (tertiary/aromatic N) is 1. The summed E-state index contributed by atoms with van der Waals surface area (Å²) in [6.45, 7) is 5.70. The Labute approximate surface area is 207 Å². The van der Waals surface area contributed by atoms with Gasteiger partial charge in [0.1, 0.15) is 16.6 Å². The molecule has 0 spiro atoms. The lowest BCUT2D eigenvalue weighted by Crippen LogP contribution is -2.48. The third-order valence-corrected chi connectivity index (χ3v) is 6.93. The van der Waals surface area contributed by atoms with Crippen molar-refractivity contribution in [3.05, 3.63) is 76.2 Å². The standard InChI is InChI=1S/C27H26N2O5S/c1-15(2)14-20(29-25(31)18-12-8-9-13-19(18)26(29)32)23(30)28-24-22(27(33)34-4)21(16(3)35-24)17-10-6-5-7-11-17/h5-13,15,20H,14H2,1-4H3,(H,28,30)/t20-/m1/s1. The van der Waals surface area contributed by atoms with Crippen LogP contribution in [0.5, 0.6) is 0 Å². The quantitative estimate of drug-likeness (QED) is 0.365. The van der Waals surface area contributed by atoms with E-state index in [-0.39, 0.29) is 29.0 Å². The van der Waals surface area contributed by atoms with Crippen molar-refractivity contribution in [2.24, 2.45) is 5.92 Å². The third-order valence-electron chi connectivity index (χ3n) is 5.91. The van der Waals surface area contributed by atoms with Gasteiger partial charge >= 0.3 is 5.97 Å². The molecule has 7 nitrogen and oxygen atoms in total. The van der Waals surface area contributed by atoms with E-state index in [9.17, 15) is 19.2 Å². The van der Waals surface area contributed by atoms with Crippen molar-refractivity contribution in [3.8, 4) is 11.1 Å². The summed E-state index contributed by atoms with van der Waals surface area (Å²) in [4.78, 5) is 54.5. The van der Waals surface area contributed by atoms with E-state index in [1.54, 1.807) is 24.3 Å². The monoisotopic (exact) mass is 490 g/mol. The molecule has 0 saturated heterocycles. The van der Waals surface area contributed by atoms with Gasteiger partial charge in [-0.2, -0.15) is 0 Å². The molecule has 35 heavy (non-hydrogen) atoms. The van der Waals surface area contributed by atoms with Gasteiger partial charge in [-0.15, -0.1) is 11.3 Å². The van der Waals surface area contributed by atoms with Crippen LogP contribution in [0.2, 0.25) is 0 Å². The number of aryl methyl sites for hydroxylation is 1. The Morgan fingerprint density at radius 2 is 1.54 bits per heavy atom. The van der Waals surface area contributed by atoms with E-state index in [4.69, 9.17) is 4.74 Å². The first-order valence-corrected chi connectivity index (χ1v) is 12.1. The Bertz CT molecular complexity index is 1280. The van der Waals surface area contributed by atoms with Gasteiger partial charge < -0.3 is 10.1 Å². The van der Waals surface area contributed by atoms with Crippen molar-refractivity contribution in [1.29, 1.82) is 0 Å². The molecule has 1 atom stereocenters. The molecule has 3 amide bonds. The summed E-state index contributed by atoms with van der Waals surface area (Å²) in [6.07, 6.45) is 0.279. The first-order chi connectivity index (χ1) is 16.7. The number of rotatable bonds is 7. The van der Waals surface area contributed by atoms with E-state index >= 15 is 0 Å². The van der Waals surface area contributed by atoms with Gasteiger partial charge in [0.15, 0.2) is 0 Å². The minimum atomic E-state index is -1.03. The number of nitrogens with one attached hydrogen (secondary N) is 1. The first-order valence-electron chi connectivity index (χ1n) is 11.3. The molecule has 1 aliphatic heterocycles. The SMILES string of the molecule is COC(=O)c1c(NC(=O)[C@@H](CC(C)C)N2C(=O)c3ccccc3C2=O)sc(C)c1-c1ccccc1. The number of benzene rings is 2. The van der Waals surface area contributed by atoms with E-state index in [0.717, 1.165) is 15.3 Å². The maximum absolute atomic E-state index is 13.6. The molecule has 0 saturated carbocycles. The highest BCUT2D eigenvalue weighted by Gasteiger charge is 2.43. The van der Waals surface area contributed by atoms with Crippen LogP contribution < -0.4 is 5.32 Å². The zero-order chi connectivity index (χ0) is 25.3. The molecule has 1 aromatic heterocycles. The molecule has 0 aliphatic carbocycles. The number of imide groups is 1. The molecule has 4 rings (SSSR count). The number of carbonyl (C=O) groups excluding carboxylic acids is 4. The topological polar surface area (TPSA) is 92.8 Å². The van der Waals surface area contributed by atoms with Crippen LogP contribution in [0.4, 0.5) is 5.00 Å². The minimum absolute atomic E-state index is 0.0279. The van der Waals surface area contributed by atoms with Crippen LogP contribution in [0.3, 0.4) is 0 Å². The number of amides is 3. The Hall–Kier alpha value is -3.78. The lowest BCUT2D eigenvalue weighted by molar-refractivity contribution is -0.120. The van der Waals surface area contributed by atoms with Crippen molar-refractivity contribution in [2.75, 3.05) is 12.4 Å². The average molecular weight is 491 g/mol. The molecule has 3 aromatic rings. The van der Waals surface area contributed by atoms with E-state index in [2.05, 4.69) is 5.32 Å². The van der Waals surface area contributed by atoms with Crippen LogP contribution in [0.15, 0.2) is 54.6 Å². The Kier molecular flexibility index (Phi) is 6.84. The second kappa shape index (κ2) is 9.84. The van der Waals surface area contributed by atoms with E-state index in [1.165, 1.54) is 18.4 Å². The van der Waals surface area contributed by atoms with Gasteiger partial charge in [-0.05, 0) is 37.0 Å². The highest BCUT2D eigenvalue weighted by atomic mass is 32.1. The first kappa shape index (κ1) is 24.3. The summed E-state index contributed by atoms with van der Waals surface area (Å²) < 4.78 is 5.03. The Morgan fingerprint density at radius 3 is 2.09 bits per heavy atom. The fourth-order valence-electron chi connectivity index (χ4n) is 4.34. The largest absolute Gasteiger partial charge is 0.465 e. The highest BCUT2D eigenvalue weighted by Crippen LogP contribution is 2.40. The van der Waals surface area contributed by atoms with Gasteiger partial charge in [0.2, 0.25) is 5.91 Å². The molecule has 2 heterocycles. The molecule has 1 N–H and O–H groups in total. The molecular formula is C27H26N2O5S. The van der Waals surface area contributed by atoms with Crippen molar-refractivity contribution in [2.45, 2.75) is 33.2 Å². The van der Waals surface area contributed by atoms with Gasteiger partial charge in [0, 0.05) is 10.4 Å². The maximum Gasteiger partial charge on any atom is 0.341 e. The van der Waals surface area contributed by atoms with Crippen molar-refractivity contribution in [1.82, 2.24) is 4.90 Å². The molecule has 2 aromatic carbocycles. The van der Waals surface area contributed by atoms with E-state index in [0.29, 0.717) is 10.6 Å². The normalized spacial score (nSPS) is 13.7. The molecule has 180 valence electrons. The number of anilines is 1. The minimum Gasteiger partial charge on any atom is -0.465 e. The lowest BCUT2D eigenvalue weighted by Gasteiger charge is -2.26. The van der Waals surface area contributed by atoms with Crippen LogP contribution in [-0.2, 0) is 9.53 Å².